The maximum absolute atomic E-state index is 15.0. The van der Waals surface area contributed by atoms with Crippen LogP contribution in [0.3, 0.4) is 0 Å². The summed E-state index contributed by atoms with van der Waals surface area (Å²) in [6.07, 6.45) is 11.4. The van der Waals surface area contributed by atoms with Gasteiger partial charge in [-0.05, 0) is 91.5 Å². The third-order valence-electron chi connectivity index (χ3n) is 6.98. The normalized spacial score (nSPS) is 26.4. The molecule has 0 N–H and O–H groups in total. The zero-order chi connectivity index (χ0) is 20.2. The van der Waals surface area contributed by atoms with Crippen LogP contribution < -0.4 is 4.74 Å². The first kappa shape index (κ1) is 19.9. The van der Waals surface area contributed by atoms with Gasteiger partial charge in [0.2, 0.25) is 0 Å². The number of hydrogen-bond donors (Lipinski definition) is 0. The number of benzene rings is 2. The van der Waals surface area contributed by atoms with Crippen LogP contribution >= 0.6 is 0 Å². The number of rotatable bonds is 6. The van der Waals surface area contributed by atoms with Crippen molar-refractivity contribution in [3.63, 3.8) is 0 Å². The predicted molar refractivity (Wildman–Crippen MR) is 119 cm³/mol. The largest absolute Gasteiger partial charge is 0.490 e. The van der Waals surface area contributed by atoms with E-state index in [2.05, 4.69) is 25.3 Å². The Hall–Kier alpha value is -2.35. The van der Waals surface area contributed by atoms with Crippen LogP contribution in [0.2, 0.25) is 0 Å². The van der Waals surface area contributed by atoms with Crippen molar-refractivity contribution in [3.05, 3.63) is 79.2 Å². The molecule has 0 aliphatic heterocycles. The summed E-state index contributed by atoms with van der Waals surface area (Å²) in [5.74, 6) is 3.49. The maximum Gasteiger partial charge on any atom is 0.131 e. The van der Waals surface area contributed by atoms with E-state index in [-0.39, 0.29) is 5.82 Å². The van der Waals surface area contributed by atoms with Gasteiger partial charge in [-0.15, -0.1) is 6.58 Å². The highest BCUT2D eigenvalue weighted by Gasteiger charge is 2.35. The van der Waals surface area contributed by atoms with Crippen molar-refractivity contribution in [1.29, 1.82) is 0 Å². The molecule has 2 fully saturated rings. The summed E-state index contributed by atoms with van der Waals surface area (Å²) in [5.41, 5.74) is 2.71. The van der Waals surface area contributed by atoms with E-state index < -0.39 is 0 Å². The first-order valence-electron chi connectivity index (χ1n) is 10.9. The van der Waals surface area contributed by atoms with Crippen LogP contribution in [0, 0.1) is 23.6 Å². The fourth-order valence-electron chi connectivity index (χ4n) is 5.35. The van der Waals surface area contributed by atoms with Crippen LogP contribution in [0.25, 0.3) is 11.1 Å². The molecule has 0 spiro atoms. The number of ether oxygens (including phenoxy) is 1. The van der Waals surface area contributed by atoms with Crippen molar-refractivity contribution in [1.82, 2.24) is 0 Å². The van der Waals surface area contributed by atoms with E-state index >= 15 is 0 Å². The van der Waals surface area contributed by atoms with Gasteiger partial charge in [-0.2, -0.15) is 0 Å². The Morgan fingerprint density at radius 2 is 1.69 bits per heavy atom. The van der Waals surface area contributed by atoms with Gasteiger partial charge in [0.25, 0.3) is 0 Å². The second kappa shape index (κ2) is 8.98. The third-order valence-corrected chi connectivity index (χ3v) is 6.98. The summed E-state index contributed by atoms with van der Waals surface area (Å²) >= 11 is 0. The van der Waals surface area contributed by atoms with Crippen LogP contribution in [0.4, 0.5) is 4.39 Å². The average molecular weight is 391 g/mol. The molecule has 2 heteroatoms. The molecule has 0 radical (unpaired) electrons. The van der Waals surface area contributed by atoms with Crippen molar-refractivity contribution < 1.29 is 9.13 Å². The first-order chi connectivity index (χ1) is 14.2. The third kappa shape index (κ3) is 4.47. The Labute approximate surface area is 174 Å². The van der Waals surface area contributed by atoms with Gasteiger partial charge in [0.05, 0.1) is 0 Å². The molecule has 2 aliphatic carbocycles. The molecule has 0 saturated heterocycles. The molecule has 2 aromatic carbocycles. The van der Waals surface area contributed by atoms with Crippen LogP contribution in [0.5, 0.6) is 5.75 Å². The zero-order valence-electron chi connectivity index (χ0n) is 17.2. The minimum atomic E-state index is -0.125. The van der Waals surface area contributed by atoms with Gasteiger partial charge in [-0.25, -0.2) is 4.39 Å². The number of hydrogen-bond acceptors (Lipinski definition) is 1. The molecule has 0 heterocycles. The molecule has 1 nitrogen and oxygen atoms in total. The monoisotopic (exact) mass is 390 g/mol. The molecule has 2 aliphatic rings. The second-order valence-corrected chi connectivity index (χ2v) is 8.70. The summed E-state index contributed by atoms with van der Waals surface area (Å²) in [6.45, 7) is 8.11. The van der Waals surface area contributed by atoms with Crippen molar-refractivity contribution in [2.24, 2.45) is 17.8 Å². The highest BCUT2D eigenvalue weighted by molar-refractivity contribution is 5.65. The lowest BCUT2D eigenvalue weighted by Gasteiger charge is -2.41. The lowest BCUT2D eigenvalue weighted by Crippen LogP contribution is -2.29. The van der Waals surface area contributed by atoms with E-state index in [9.17, 15) is 4.39 Å². The minimum absolute atomic E-state index is 0.125. The van der Waals surface area contributed by atoms with E-state index in [4.69, 9.17) is 4.74 Å². The van der Waals surface area contributed by atoms with Gasteiger partial charge in [0, 0.05) is 5.56 Å². The van der Waals surface area contributed by atoms with Gasteiger partial charge in [-0.3, -0.25) is 0 Å². The Morgan fingerprint density at radius 3 is 2.41 bits per heavy atom. The lowest BCUT2D eigenvalue weighted by atomic mass is 9.64. The molecule has 4 atom stereocenters. The van der Waals surface area contributed by atoms with Crippen LogP contribution in [0.15, 0.2) is 67.8 Å². The average Bonchev–Trinajstić information content (AvgIpc) is 2.77. The zero-order valence-corrected chi connectivity index (χ0v) is 17.2. The molecule has 0 bridgehead atoms. The molecule has 152 valence electrons. The molecular formula is C27H31FO. The van der Waals surface area contributed by atoms with E-state index in [1.54, 1.807) is 12.1 Å². The molecule has 4 rings (SSSR count). The highest BCUT2D eigenvalue weighted by atomic mass is 19.1. The Bertz CT molecular complexity index is 853. The molecule has 2 saturated carbocycles. The van der Waals surface area contributed by atoms with Crippen LogP contribution in [-0.2, 0) is 0 Å². The fraction of sp³-hybridized carbons (Fsp3) is 0.407. The van der Waals surface area contributed by atoms with E-state index in [0.717, 1.165) is 23.1 Å². The number of allylic oxidation sites excluding steroid dienone is 1. The molecule has 2 aromatic rings. The minimum Gasteiger partial charge on any atom is -0.490 e. The van der Waals surface area contributed by atoms with Gasteiger partial charge < -0.3 is 4.74 Å². The van der Waals surface area contributed by atoms with E-state index in [1.807, 2.05) is 30.3 Å². The Kier molecular flexibility index (Phi) is 6.18. The van der Waals surface area contributed by atoms with Crippen LogP contribution in [-0.4, -0.2) is 6.61 Å². The topological polar surface area (TPSA) is 9.23 Å². The Morgan fingerprint density at radius 1 is 0.931 bits per heavy atom. The summed E-state index contributed by atoms with van der Waals surface area (Å²) in [6, 6.07) is 13.5. The summed E-state index contributed by atoms with van der Waals surface area (Å²) in [5, 5.41) is 0. The van der Waals surface area contributed by atoms with Gasteiger partial charge in [0.1, 0.15) is 18.2 Å². The molecule has 0 amide bonds. The van der Waals surface area contributed by atoms with Gasteiger partial charge >= 0.3 is 0 Å². The van der Waals surface area contributed by atoms with Crippen molar-refractivity contribution in [3.8, 4) is 16.9 Å². The molecule has 29 heavy (non-hydrogen) atoms. The maximum atomic E-state index is 15.0. The fourth-order valence-corrected chi connectivity index (χ4v) is 5.35. The lowest BCUT2D eigenvalue weighted by molar-refractivity contribution is 0.133. The molecular weight excluding hydrogens is 359 g/mol. The Balaban J connectivity index is 1.45. The van der Waals surface area contributed by atoms with Gasteiger partial charge in [-0.1, -0.05) is 43.0 Å². The van der Waals surface area contributed by atoms with Crippen LogP contribution in [0.1, 0.15) is 50.0 Å². The highest BCUT2D eigenvalue weighted by Crippen LogP contribution is 2.48. The first-order valence-corrected chi connectivity index (χ1v) is 10.9. The summed E-state index contributed by atoms with van der Waals surface area (Å²) in [7, 11) is 0. The van der Waals surface area contributed by atoms with Crippen molar-refractivity contribution >= 4 is 0 Å². The summed E-state index contributed by atoms with van der Waals surface area (Å²) < 4.78 is 20.5. The number of halogens is 1. The standard InChI is InChI=1S/C27H31FO/c1-3-15-29-25-12-9-20(10-13-25)26-14-11-24(18-27(26)28)23-8-7-21-16-19(4-2)5-6-22(21)17-23/h3-4,9-14,18-19,21-23H,1-2,5-8,15-17H2. The van der Waals surface area contributed by atoms with Crippen molar-refractivity contribution in [2.45, 2.75) is 44.4 Å². The second-order valence-electron chi connectivity index (χ2n) is 8.70. The molecule has 0 aromatic heterocycles. The predicted octanol–water partition coefficient (Wildman–Crippen LogP) is 7.54. The number of fused-ring (bicyclic) bond motifs is 1. The quantitative estimate of drug-likeness (QED) is 0.463. The SMILES string of the molecule is C=CCOc1ccc(-c2ccc(C3CCC4CC(C=C)CCC4C3)cc2F)cc1. The molecule has 4 unspecified atom stereocenters. The van der Waals surface area contributed by atoms with Crippen molar-refractivity contribution in [2.75, 3.05) is 6.61 Å². The van der Waals surface area contributed by atoms with E-state index in [1.165, 1.54) is 44.1 Å². The summed E-state index contributed by atoms with van der Waals surface area (Å²) in [4.78, 5) is 0. The van der Waals surface area contributed by atoms with Gasteiger partial charge in [0.15, 0.2) is 0 Å². The van der Waals surface area contributed by atoms with E-state index in [0.29, 0.717) is 24.0 Å². The smallest absolute Gasteiger partial charge is 0.131 e.